The van der Waals surface area contributed by atoms with Crippen LogP contribution in [0.4, 0.5) is 0 Å². The fraction of sp³-hybridized carbons (Fsp3) is 0.917. The van der Waals surface area contributed by atoms with Gasteiger partial charge in [0, 0.05) is 19.0 Å². The number of sulfonamides is 1. The molecule has 112 valence electrons. The van der Waals surface area contributed by atoms with Crippen molar-refractivity contribution in [3.8, 4) is 0 Å². The van der Waals surface area contributed by atoms with Crippen LogP contribution in [0.1, 0.15) is 33.1 Å². The van der Waals surface area contributed by atoms with Gasteiger partial charge in [-0.2, -0.15) is 0 Å². The number of amides is 1. The monoisotopic (exact) mass is 292 g/mol. The lowest BCUT2D eigenvalue weighted by molar-refractivity contribution is -0.122. The van der Waals surface area contributed by atoms with Gasteiger partial charge in [0.2, 0.25) is 15.9 Å². The number of carbonyl (C=O) groups excluding carboxylic acids is 1. The molecule has 0 aliphatic carbocycles. The van der Waals surface area contributed by atoms with Gasteiger partial charge in [-0.3, -0.25) is 9.52 Å². The average molecular weight is 292 g/mol. The summed E-state index contributed by atoms with van der Waals surface area (Å²) in [4.78, 5) is 13.5. The van der Waals surface area contributed by atoms with Crippen molar-refractivity contribution in [3.63, 3.8) is 0 Å². The Kier molecular flexibility index (Phi) is 6.22. The molecule has 2 N–H and O–H groups in total. The molecule has 1 aliphatic rings. The number of hydrogen-bond acceptors (Lipinski definition) is 5. The molecule has 19 heavy (non-hydrogen) atoms. The SMILES string of the molecule is CC(C)C(=O)NS(=O)(=O)CCCN1CCC(O)CC1. The maximum Gasteiger partial charge on any atom is 0.235 e. The highest BCUT2D eigenvalue weighted by Crippen LogP contribution is 2.10. The normalized spacial score (nSPS) is 18.7. The summed E-state index contributed by atoms with van der Waals surface area (Å²) in [7, 11) is -3.51. The molecule has 1 heterocycles. The third kappa shape index (κ3) is 6.35. The van der Waals surface area contributed by atoms with E-state index >= 15 is 0 Å². The number of nitrogens with zero attached hydrogens (tertiary/aromatic N) is 1. The van der Waals surface area contributed by atoms with E-state index in [-0.39, 0.29) is 17.8 Å². The van der Waals surface area contributed by atoms with Gasteiger partial charge in [0.15, 0.2) is 0 Å². The molecule has 0 aromatic heterocycles. The van der Waals surface area contributed by atoms with Gasteiger partial charge in [-0.15, -0.1) is 0 Å². The van der Waals surface area contributed by atoms with E-state index in [4.69, 9.17) is 0 Å². The topological polar surface area (TPSA) is 86.7 Å². The van der Waals surface area contributed by atoms with Crippen LogP contribution < -0.4 is 4.72 Å². The molecule has 1 saturated heterocycles. The van der Waals surface area contributed by atoms with Crippen molar-refractivity contribution in [1.29, 1.82) is 0 Å². The predicted octanol–water partition coefficient (Wildman–Crippen LogP) is -0.0648. The van der Waals surface area contributed by atoms with Gasteiger partial charge in [0.25, 0.3) is 0 Å². The van der Waals surface area contributed by atoms with Crippen LogP contribution >= 0.6 is 0 Å². The maximum absolute atomic E-state index is 11.6. The van der Waals surface area contributed by atoms with E-state index in [0.29, 0.717) is 13.0 Å². The molecule has 6 nitrogen and oxygen atoms in total. The molecular formula is C12H24N2O4S. The Balaban J connectivity index is 2.26. The molecule has 0 bridgehead atoms. The lowest BCUT2D eigenvalue weighted by Crippen LogP contribution is -2.39. The third-order valence-electron chi connectivity index (χ3n) is 3.22. The Labute approximate surface area is 115 Å². The molecule has 0 unspecified atom stereocenters. The number of rotatable bonds is 6. The second-order valence-electron chi connectivity index (χ2n) is 5.37. The Morgan fingerprint density at radius 3 is 2.47 bits per heavy atom. The summed E-state index contributed by atoms with van der Waals surface area (Å²) in [6.07, 6.45) is 1.77. The Bertz CT molecular complexity index is 387. The van der Waals surface area contributed by atoms with Gasteiger partial charge in [0.1, 0.15) is 0 Å². The first-order valence-corrected chi connectivity index (χ1v) is 8.40. The van der Waals surface area contributed by atoms with Crippen molar-refractivity contribution >= 4 is 15.9 Å². The summed E-state index contributed by atoms with van der Waals surface area (Å²) in [5.74, 6) is -0.829. The molecule has 0 saturated carbocycles. The Hall–Kier alpha value is -0.660. The zero-order valence-corrected chi connectivity index (χ0v) is 12.4. The van der Waals surface area contributed by atoms with Crippen LogP contribution in [0.3, 0.4) is 0 Å². The van der Waals surface area contributed by atoms with E-state index in [2.05, 4.69) is 9.62 Å². The number of aliphatic hydroxyl groups excluding tert-OH is 1. The summed E-state index contributed by atoms with van der Waals surface area (Å²) in [6, 6.07) is 0. The summed E-state index contributed by atoms with van der Waals surface area (Å²) in [5, 5.41) is 9.36. The fourth-order valence-corrected chi connectivity index (χ4v) is 3.10. The van der Waals surface area contributed by atoms with Crippen LogP contribution in [0.2, 0.25) is 0 Å². The third-order valence-corrected chi connectivity index (χ3v) is 4.56. The first-order valence-electron chi connectivity index (χ1n) is 6.75. The predicted molar refractivity (Wildman–Crippen MR) is 73.1 cm³/mol. The van der Waals surface area contributed by atoms with E-state index < -0.39 is 15.9 Å². The quantitative estimate of drug-likeness (QED) is 0.716. The van der Waals surface area contributed by atoms with E-state index in [1.54, 1.807) is 13.8 Å². The van der Waals surface area contributed by atoms with E-state index in [1.807, 2.05) is 0 Å². The van der Waals surface area contributed by atoms with Crippen LogP contribution in [0.5, 0.6) is 0 Å². The van der Waals surface area contributed by atoms with Gasteiger partial charge in [-0.1, -0.05) is 13.8 Å². The Morgan fingerprint density at radius 1 is 1.37 bits per heavy atom. The molecule has 1 fully saturated rings. The number of nitrogens with one attached hydrogen (secondary N) is 1. The van der Waals surface area contributed by atoms with E-state index in [0.717, 1.165) is 25.9 Å². The molecule has 1 amide bonds. The standard InChI is InChI=1S/C12H24N2O4S/c1-10(2)12(16)13-19(17,18)9-3-6-14-7-4-11(15)5-8-14/h10-11,15H,3-9H2,1-2H3,(H,13,16). The second-order valence-corrected chi connectivity index (χ2v) is 7.21. The van der Waals surface area contributed by atoms with E-state index in [9.17, 15) is 18.3 Å². The fourth-order valence-electron chi connectivity index (χ4n) is 1.94. The molecular weight excluding hydrogens is 268 g/mol. The first-order chi connectivity index (χ1) is 8.80. The van der Waals surface area contributed by atoms with Crippen molar-refractivity contribution < 1.29 is 18.3 Å². The van der Waals surface area contributed by atoms with Gasteiger partial charge in [-0.05, 0) is 25.8 Å². The lowest BCUT2D eigenvalue weighted by Gasteiger charge is -2.29. The number of aliphatic hydroxyl groups is 1. The minimum atomic E-state index is -3.51. The van der Waals surface area contributed by atoms with Gasteiger partial charge in [-0.25, -0.2) is 8.42 Å². The van der Waals surface area contributed by atoms with Crippen LogP contribution in [0, 0.1) is 5.92 Å². The largest absolute Gasteiger partial charge is 0.393 e. The second kappa shape index (κ2) is 7.21. The number of carbonyl (C=O) groups is 1. The molecule has 0 spiro atoms. The van der Waals surface area contributed by atoms with Gasteiger partial charge in [0.05, 0.1) is 11.9 Å². The van der Waals surface area contributed by atoms with Crippen molar-refractivity contribution in [1.82, 2.24) is 9.62 Å². The Morgan fingerprint density at radius 2 is 1.95 bits per heavy atom. The van der Waals surface area contributed by atoms with Crippen molar-refractivity contribution in [2.24, 2.45) is 5.92 Å². The summed E-state index contributed by atoms with van der Waals surface area (Å²) in [6.45, 7) is 5.61. The van der Waals surface area contributed by atoms with Crippen LogP contribution in [-0.4, -0.2) is 55.8 Å². The summed E-state index contributed by atoms with van der Waals surface area (Å²) < 4.78 is 25.4. The molecule has 0 aromatic rings. The number of piperidine rings is 1. The highest BCUT2D eigenvalue weighted by molar-refractivity contribution is 7.90. The van der Waals surface area contributed by atoms with Crippen molar-refractivity contribution in [2.75, 3.05) is 25.4 Å². The zero-order chi connectivity index (χ0) is 14.5. The smallest absolute Gasteiger partial charge is 0.235 e. The van der Waals surface area contributed by atoms with Gasteiger partial charge < -0.3 is 10.0 Å². The van der Waals surface area contributed by atoms with E-state index in [1.165, 1.54) is 0 Å². The van der Waals surface area contributed by atoms with Crippen molar-refractivity contribution in [3.05, 3.63) is 0 Å². The molecule has 1 rings (SSSR count). The first kappa shape index (κ1) is 16.4. The summed E-state index contributed by atoms with van der Waals surface area (Å²) in [5.41, 5.74) is 0. The molecule has 0 radical (unpaired) electrons. The molecule has 0 aromatic carbocycles. The number of likely N-dealkylation sites (tertiary alicyclic amines) is 1. The minimum Gasteiger partial charge on any atom is -0.393 e. The van der Waals surface area contributed by atoms with Crippen LogP contribution in [-0.2, 0) is 14.8 Å². The summed E-state index contributed by atoms with van der Waals surface area (Å²) >= 11 is 0. The highest BCUT2D eigenvalue weighted by Gasteiger charge is 2.19. The van der Waals surface area contributed by atoms with Crippen LogP contribution in [0.15, 0.2) is 0 Å². The lowest BCUT2D eigenvalue weighted by atomic mass is 10.1. The molecule has 0 atom stereocenters. The number of hydrogen-bond donors (Lipinski definition) is 2. The van der Waals surface area contributed by atoms with Crippen LogP contribution in [0.25, 0.3) is 0 Å². The highest BCUT2D eigenvalue weighted by atomic mass is 32.2. The maximum atomic E-state index is 11.6. The average Bonchev–Trinajstić information content (AvgIpc) is 2.30. The minimum absolute atomic E-state index is 0.0372. The molecule has 1 aliphatic heterocycles. The van der Waals surface area contributed by atoms with Crippen molar-refractivity contribution in [2.45, 2.75) is 39.2 Å². The van der Waals surface area contributed by atoms with Gasteiger partial charge >= 0.3 is 0 Å². The zero-order valence-electron chi connectivity index (χ0n) is 11.6. The molecule has 7 heteroatoms.